The first-order valence-corrected chi connectivity index (χ1v) is 4.45. The topological polar surface area (TPSA) is 27.7 Å². The Hall–Kier alpha value is -1.04. The minimum atomic E-state index is -3.60. The summed E-state index contributed by atoms with van der Waals surface area (Å²) in [6.45, 7) is 0. The highest BCUT2D eigenvalue weighted by Crippen LogP contribution is 2.48. The summed E-state index contributed by atoms with van der Waals surface area (Å²) >= 11 is 3.08. The van der Waals surface area contributed by atoms with Gasteiger partial charge >= 0.3 is 6.29 Å². The molecule has 3 nitrogen and oxygen atoms in total. The van der Waals surface area contributed by atoms with Crippen LogP contribution in [0.25, 0.3) is 0 Å². The molecule has 0 aromatic heterocycles. The molecule has 0 aliphatic carbocycles. The zero-order valence-electron chi connectivity index (χ0n) is 7.01. The maximum Gasteiger partial charge on any atom is 0.586 e. The molecule has 76 valence electrons. The molecule has 1 heterocycles. The first-order chi connectivity index (χ1) is 6.53. The highest BCUT2D eigenvalue weighted by molar-refractivity contribution is 9.10. The lowest BCUT2D eigenvalue weighted by Crippen LogP contribution is -2.26. The number of hydrogen-bond acceptors (Lipinski definition) is 3. The Labute approximate surface area is 86.7 Å². The highest BCUT2D eigenvalue weighted by atomic mass is 79.9. The molecule has 0 atom stereocenters. The zero-order chi connectivity index (χ0) is 10.3. The number of halogens is 3. The average molecular weight is 267 g/mol. The van der Waals surface area contributed by atoms with Gasteiger partial charge in [0.1, 0.15) is 10.2 Å². The molecule has 1 aliphatic rings. The van der Waals surface area contributed by atoms with Gasteiger partial charge in [0.2, 0.25) is 0 Å². The van der Waals surface area contributed by atoms with Crippen LogP contribution in [0, 0.1) is 0 Å². The molecule has 6 heteroatoms. The number of fused-ring (bicyclic) bond motifs is 1. The summed E-state index contributed by atoms with van der Waals surface area (Å²) in [6, 6.07) is 2.87. The van der Waals surface area contributed by atoms with Gasteiger partial charge in [0.05, 0.1) is 7.11 Å². The maximum absolute atomic E-state index is 12.6. The number of hydrogen-bond donors (Lipinski definition) is 0. The first-order valence-electron chi connectivity index (χ1n) is 3.66. The molecule has 0 saturated heterocycles. The Kier molecular flexibility index (Phi) is 2.02. The lowest BCUT2D eigenvalue weighted by molar-refractivity contribution is -0.286. The SMILES string of the molecule is COc1ccc2c(c1Br)OC(F)(F)O2. The summed E-state index contributed by atoms with van der Waals surface area (Å²) in [6.07, 6.45) is -3.60. The van der Waals surface area contributed by atoms with E-state index in [1.54, 1.807) is 0 Å². The zero-order valence-corrected chi connectivity index (χ0v) is 8.60. The number of ether oxygens (including phenoxy) is 3. The van der Waals surface area contributed by atoms with Crippen LogP contribution in [0.4, 0.5) is 8.78 Å². The summed E-state index contributed by atoms with van der Waals surface area (Å²) in [4.78, 5) is 0. The molecule has 0 bridgehead atoms. The van der Waals surface area contributed by atoms with Crippen molar-refractivity contribution in [1.29, 1.82) is 0 Å². The second-order valence-electron chi connectivity index (χ2n) is 2.58. The molecule has 14 heavy (non-hydrogen) atoms. The van der Waals surface area contributed by atoms with E-state index in [0.717, 1.165) is 0 Å². The Morgan fingerprint density at radius 2 is 2.07 bits per heavy atom. The summed E-state index contributed by atoms with van der Waals surface area (Å²) < 4.78 is 39.0. The first kappa shape index (κ1) is 9.51. The molecular formula is C8H5BrF2O3. The molecular weight excluding hydrogens is 262 g/mol. The van der Waals surface area contributed by atoms with Crippen molar-refractivity contribution in [2.45, 2.75) is 6.29 Å². The van der Waals surface area contributed by atoms with Gasteiger partial charge < -0.3 is 14.2 Å². The minimum absolute atomic E-state index is 0.0114. The van der Waals surface area contributed by atoms with Crippen LogP contribution in [0.2, 0.25) is 0 Å². The fourth-order valence-electron chi connectivity index (χ4n) is 1.12. The molecule has 1 aromatic carbocycles. The number of rotatable bonds is 1. The lowest BCUT2D eigenvalue weighted by atomic mass is 10.3. The second kappa shape index (κ2) is 2.98. The monoisotopic (exact) mass is 266 g/mol. The third-order valence-corrected chi connectivity index (χ3v) is 2.45. The van der Waals surface area contributed by atoms with Gasteiger partial charge in [-0.3, -0.25) is 0 Å². The van der Waals surface area contributed by atoms with Crippen molar-refractivity contribution in [2.75, 3.05) is 7.11 Å². The minimum Gasteiger partial charge on any atom is -0.495 e. The molecule has 1 aliphatic heterocycles. The molecule has 0 unspecified atom stereocenters. The Bertz CT molecular complexity index is 381. The summed E-state index contributed by atoms with van der Waals surface area (Å²) in [7, 11) is 1.43. The van der Waals surface area contributed by atoms with E-state index in [1.807, 2.05) is 0 Å². The van der Waals surface area contributed by atoms with E-state index in [4.69, 9.17) is 4.74 Å². The molecule has 0 saturated carbocycles. The van der Waals surface area contributed by atoms with E-state index in [1.165, 1.54) is 19.2 Å². The predicted octanol–water partition coefficient (Wildman–Crippen LogP) is 2.78. The van der Waals surface area contributed by atoms with E-state index in [2.05, 4.69) is 25.4 Å². The van der Waals surface area contributed by atoms with Crippen molar-refractivity contribution in [2.24, 2.45) is 0 Å². The molecule has 0 radical (unpaired) electrons. The van der Waals surface area contributed by atoms with Crippen molar-refractivity contribution >= 4 is 15.9 Å². The van der Waals surface area contributed by atoms with Gasteiger partial charge in [-0.1, -0.05) is 0 Å². The summed E-state index contributed by atoms with van der Waals surface area (Å²) in [5.41, 5.74) is 0. The van der Waals surface area contributed by atoms with Crippen LogP contribution >= 0.6 is 15.9 Å². The number of benzene rings is 1. The highest BCUT2D eigenvalue weighted by Gasteiger charge is 2.44. The van der Waals surface area contributed by atoms with E-state index in [0.29, 0.717) is 10.2 Å². The van der Waals surface area contributed by atoms with Crippen molar-refractivity contribution < 1.29 is 23.0 Å². The van der Waals surface area contributed by atoms with Crippen LogP contribution in [0.5, 0.6) is 17.2 Å². The van der Waals surface area contributed by atoms with Crippen molar-refractivity contribution in [3.05, 3.63) is 16.6 Å². The van der Waals surface area contributed by atoms with Crippen LogP contribution < -0.4 is 14.2 Å². The van der Waals surface area contributed by atoms with Crippen molar-refractivity contribution in [1.82, 2.24) is 0 Å². The van der Waals surface area contributed by atoms with Gasteiger partial charge in [0.15, 0.2) is 11.5 Å². The van der Waals surface area contributed by atoms with Gasteiger partial charge in [0, 0.05) is 0 Å². The van der Waals surface area contributed by atoms with Crippen LogP contribution in [0.3, 0.4) is 0 Å². The van der Waals surface area contributed by atoms with Gasteiger partial charge in [0.25, 0.3) is 0 Å². The average Bonchev–Trinajstić information content (AvgIpc) is 2.42. The fraction of sp³-hybridized carbons (Fsp3) is 0.250. The Morgan fingerprint density at radius 1 is 1.36 bits per heavy atom. The predicted molar refractivity (Wildman–Crippen MR) is 46.9 cm³/mol. The third kappa shape index (κ3) is 1.39. The summed E-state index contributed by atoms with van der Waals surface area (Å²) in [5.74, 6) is 0.349. The van der Waals surface area contributed by atoms with Crippen molar-refractivity contribution in [3.8, 4) is 17.2 Å². The van der Waals surface area contributed by atoms with Gasteiger partial charge in [-0.15, -0.1) is 8.78 Å². The van der Waals surface area contributed by atoms with Crippen LogP contribution in [0.15, 0.2) is 16.6 Å². The molecule has 0 fully saturated rings. The third-order valence-electron chi connectivity index (χ3n) is 1.70. The molecule has 1 aromatic rings. The lowest BCUT2D eigenvalue weighted by Gasteiger charge is -2.05. The van der Waals surface area contributed by atoms with Crippen molar-refractivity contribution in [3.63, 3.8) is 0 Å². The maximum atomic E-state index is 12.6. The molecule has 2 rings (SSSR count). The largest absolute Gasteiger partial charge is 0.586 e. The standard InChI is InChI=1S/C8H5BrF2O3/c1-12-4-2-3-5-7(6(4)9)14-8(10,11)13-5/h2-3H,1H3. The number of methoxy groups -OCH3 is 1. The smallest absolute Gasteiger partial charge is 0.495 e. The van der Waals surface area contributed by atoms with Crippen LogP contribution in [-0.2, 0) is 0 Å². The molecule has 0 amide bonds. The quantitative estimate of drug-likeness (QED) is 0.783. The van der Waals surface area contributed by atoms with Crippen LogP contribution in [-0.4, -0.2) is 13.4 Å². The molecule has 0 spiro atoms. The number of alkyl halides is 2. The normalized spacial score (nSPS) is 16.9. The van der Waals surface area contributed by atoms with Gasteiger partial charge in [-0.2, -0.15) is 0 Å². The fourth-order valence-corrected chi connectivity index (χ4v) is 1.69. The van der Waals surface area contributed by atoms with Crippen LogP contribution in [0.1, 0.15) is 0 Å². The van der Waals surface area contributed by atoms with Gasteiger partial charge in [-0.05, 0) is 28.1 Å². The van der Waals surface area contributed by atoms with E-state index >= 15 is 0 Å². The summed E-state index contributed by atoms with van der Waals surface area (Å²) in [5, 5.41) is 0. The Balaban J connectivity index is 2.48. The Morgan fingerprint density at radius 3 is 2.71 bits per heavy atom. The van der Waals surface area contributed by atoms with Gasteiger partial charge in [-0.25, -0.2) is 0 Å². The second-order valence-corrected chi connectivity index (χ2v) is 3.37. The van der Waals surface area contributed by atoms with E-state index in [-0.39, 0.29) is 11.5 Å². The van der Waals surface area contributed by atoms with E-state index in [9.17, 15) is 8.78 Å². The van der Waals surface area contributed by atoms with E-state index < -0.39 is 6.29 Å². The molecule has 0 N–H and O–H groups in total.